The third-order valence-electron chi connectivity index (χ3n) is 7.16. The van der Waals surface area contributed by atoms with Crippen molar-refractivity contribution in [1.82, 2.24) is 10.0 Å². The number of hydrogen-bond acceptors (Lipinski definition) is 6. The maximum absolute atomic E-state index is 13.7. The molecule has 0 aliphatic carbocycles. The fourth-order valence-corrected chi connectivity index (χ4v) is 6.06. The fourth-order valence-electron chi connectivity index (χ4n) is 4.91. The normalized spacial score (nSPS) is 12.9. The molecule has 0 spiro atoms. The molecular formula is C32H30N4O6S. The highest BCUT2D eigenvalue weighted by Gasteiger charge is 2.29. The van der Waals surface area contributed by atoms with E-state index >= 15 is 0 Å². The maximum Gasteiger partial charge on any atom is 0.329 e. The standard InChI is InChI=1S/C32H30N4O6S/c1-36(25-15-16-28-24(20-25)17-18-42-28)31(38)27(19-21-7-3-2-4-8-21)34-32(39)35-43(40,41)29-10-6-5-9-26(29)22-11-13-23(14-12-22)30(33)37/h2-16,20,27H,17-19H2,1H3,(H2,33,37)(H2,34,35,39)/t27-/m0/s1. The molecule has 0 fully saturated rings. The lowest BCUT2D eigenvalue weighted by Gasteiger charge is -2.25. The van der Waals surface area contributed by atoms with Gasteiger partial charge >= 0.3 is 6.03 Å². The molecule has 5 rings (SSSR count). The number of fused-ring (bicyclic) bond motifs is 1. The predicted octanol–water partition coefficient (Wildman–Crippen LogP) is 3.65. The van der Waals surface area contributed by atoms with Gasteiger partial charge in [0.15, 0.2) is 0 Å². The van der Waals surface area contributed by atoms with Crippen LogP contribution in [0.15, 0.2) is 102 Å². The van der Waals surface area contributed by atoms with Crippen LogP contribution in [0.3, 0.4) is 0 Å². The second-order valence-electron chi connectivity index (χ2n) is 10.0. The van der Waals surface area contributed by atoms with Crippen LogP contribution >= 0.6 is 0 Å². The Morgan fingerprint density at radius 3 is 2.35 bits per heavy atom. The SMILES string of the molecule is CN(C(=O)[C@H](Cc1ccccc1)NC(=O)NS(=O)(=O)c1ccccc1-c1ccc(C(N)=O)cc1)c1ccc2c(c1)CCO2. The molecule has 220 valence electrons. The number of nitrogens with one attached hydrogen (secondary N) is 2. The van der Waals surface area contributed by atoms with Crippen LogP contribution < -0.4 is 25.4 Å². The first-order chi connectivity index (χ1) is 20.6. The van der Waals surface area contributed by atoms with Gasteiger partial charge in [-0.05, 0) is 53.1 Å². The van der Waals surface area contributed by atoms with E-state index in [9.17, 15) is 22.8 Å². The zero-order valence-corrected chi connectivity index (χ0v) is 24.1. The minimum atomic E-state index is -4.38. The molecule has 11 heteroatoms. The summed E-state index contributed by atoms with van der Waals surface area (Å²) < 4.78 is 34.5. The smallest absolute Gasteiger partial charge is 0.329 e. The summed E-state index contributed by atoms with van der Waals surface area (Å²) in [6.07, 6.45) is 0.863. The summed E-state index contributed by atoms with van der Waals surface area (Å²) in [4.78, 5) is 39.6. The maximum atomic E-state index is 13.7. The first-order valence-corrected chi connectivity index (χ1v) is 15.0. The molecule has 4 aromatic rings. The van der Waals surface area contributed by atoms with E-state index in [1.54, 1.807) is 43.4 Å². The minimum Gasteiger partial charge on any atom is -0.493 e. The van der Waals surface area contributed by atoms with E-state index in [0.29, 0.717) is 23.4 Å². The number of carbonyl (C=O) groups excluding carboxylic acids is 3. The van der Waals surface area contributed by atoms with Gasteiger partial charge in [-0.25, -0.2) is 17.9 Å². The first kappa shape index (κ1) is 29.3. The van der Waals surface area contributed by atoms with Crippen LogP contribution in [0, 0.1) is 0 Å². The molecule has 1 aliphatic rings. The number of benzene rings is 4. The molecule has 43 heavy (non-hydrogen) atoms. The summed E-state index contributed by atoms with van der Waals surface area (Å²) in [6.45, 7) is 0.574. The van der Waals surface area contributed by atoms with Crippen molar-refractivity contribution in [2.75, 3.05) is 18.6 Å². The first-order valence-electron chi connectivity index (χ1n) is 13.5. The second-order valence-corrected chi connectivity index (χ2v) is 11.7. The molecule has 4 aromatic carbocycles. The lowest BCUT2D eigenvalue weighted by Crippen LogP contribution is -2.52. The van der Waals surface area contributed by atoms with E-state index in [-0.39, 0.29) is 16.9 Å². The number of anilines is 1. The van der Waals surface area contributed by atoms with Gasteiger partial charge in [-0.15, -0.1) is 0 Å². The lowest BCUT2D eigenvalue weighted by atomic mass is 10.0. The highest BCUT2D eigenvalue weighted by atomic mass is 32.2. The third kappa shape index (κ3) is 6.68. The van der Waals surface area contributed by atoms with Crippen molar-refractivity contribution in [3.8, 4) is 16.9 Å². The summed E-state index contributed by atoms with van der Waals surface area (Å²) >= 11 is 0. The van der Waals surface area contributed by atoms with Crippen molar-refractivity contribution in [3.05, 3.63) is 114 Å². The van der Waals surface area contributed by atoms with Gasteiger partial charge in [0.1, 0.15) is 11.8 Å². The van der Waals surface area contributed by atoms with E-state index < -0.39 is 33.9 Å². The van der Waals surface area contributed by atoms with E-state index in [4.69, 9.17) is 10.5 Å². The highest BCUT2D eigenvalue weighted by molar-refractivity contribution is 7.90. The molecule has 1 heterocycles. The number of ether oxygens (including phenoxy) is 1. The molecule has 1 aliphatic heterocycles. The Kier molecular flexibility index (Phi) is 8.44. The van der Waals surface area contributed by atoms with E-state index in [1.165, 1.54) is 29.2 Å². The average Bonchev–Trinajstić information content (AvgIpc) is 3.48. The van der Waals surface area contributed by atoms with Gasteiger partial charge < -0.3 is 20.7 Å². The van der Waals surface area contributed by atoms with Crippen molar-refractivity contribution in [1.29, 1.82) is 0 Å². The summed E-state index contributed by atoms with van der Waals surface area (Å²) in [5.41, 5.74) is 8.80. The molecule has 0 unspecified atom stereocenters. The molecule has 1 atom stereocenters. The quantitative estimate of drug-likeness (QED) is 0.268. The van der Waals surface area contributed by atoms with Gasteiger partial charge in [-0.1, -0.05) is 60.7 Å². The number of primary amides is 1. The topological polar surface area (TPSA) is 148 Å². The van der Waals surface area contributed by atoms with E-state index in [0.717, 1.165) is 23.3 Å². The zero-order valence-electron chi connectivity index (χ0n) is 23.3. The number of amides is 4. The Labute approximate surface area is 249 Å². The number of likely N-dealkylation sites (N-methyl/N-ethyl adjacent to an activating group) is 1. The van der Waals surface area contributed by atoms with Crippen molar-refractivity contribution in [2.24, 2.45) is 5.73 Å². The van der Waals surface area contributed by atoms with Crippen LogP contribution in [-0.4, -0.2) is 46.0 Å². The predicted molar refractivity (Wildman–Crippen MR) is 162 cm³/mol. The fraction of sp³-hybridized carbons (Fsp3) is 0.156. The third-order valence-corrected chi connectivity index (χ3v) is 8.55. The Balaban J connectivity index is 1.37. The minimum absolute atomic E-state index is 0.133. The van der Waals surface area contributed by atoms with Gasteiger partial charge in [-0.2, -0.15) is 0 Å². The van der Waals surface area contributed by atoms with Crippen molar-refractivity contribution in [2.45, 2.75) is 23.8 Å². The van der Waals surface area contributed by atoms with Crippen molar-refractivity contribution in [3.63, 3.8) is 0 Å². The number of carbonyl (C=O) groups is 3. The van der Waals surface area contributed by atoms with Crippen LogP contribution in [-0.2, 0) is 27.7 Å². The zero-order chi connectivity index (χ0) is 30.6. The number of nitrogens with zero attached hydrogens (tertiary/aromatic N) is 1. The summed E-state index contributed by atoms with van der Waals surface area (Å²) in [5, 5.41) is 2.58. The van der Waals surface area contributed by atoms with Crippen LogP contribution in [0.4, 0.5) is 10.5 Å². The number of rotatable bonds is 9. The van der Waals surface area contributed by atoms with E-state index in [2.05, 4.69) is 10.0 Å². The molecule has 0 aromatic heterocycles. The number of nitrogens with two attached hydrogens (primary N) is 1. The summed E-state index contributed by atoms with van der Waals surface area (Å²) in [5.74, 6) is -0.260. The molecule has 4 N–H and O–H groups in total. The van der Waals surface area contributed by atoms with Crippen LogP contribution in [0.5, 0.6) is 5.75 Å². The van der Waals surface area contributed by atoms with Gasteiger partial charge in [0, 0.05) is 36.7 Å². The summed E-state index contributed by atoms with van der Waals surface area (Å²) in [7, 11) is -2.78. The largest absolute Gasteiger partial charge is 0.493 e. The van der Waals surface area contributed by atoms with E-state index in [1.807, 2.05) is 36.4 Å². The van der Waals surface area contributed by atoms with Gasteiger partial charge in [0.05, 0.1) is 11.5 Å². The Hall–Kier alpha value is -5.16. The Bertz CT molecular complexity index is 1780. The molecule has 4 amide bonds. The monoisotopic (exact) mass is 598 g/mol. The Morgan fingerprint density at radius 1 is 0.930 bits per heavy atom. The number of hydrogen-bond donors (Lipinski definition) is 3. The van der Waals surface area contributed by atoms with Gasteiger partial charge in [-0.3, -0.25) is 9.59 Å². The molecule has 10 nitrogen and oxygen atoms in total. The Morgan fingerprint density at radius 2 is 1.63 bits per heavy atom. The second kappa shape index (κ2) is 12.4. The van der Waals surface area contributed by atoms with Gasteiger partial charge in [0.2, 0.25) is 11.8 Å². The number of sulfonamides is 1. The van der Waals surface area contributed by atoms with Crippen LogP contribution in [0.2, 0.25) is 0 Å². The van der Waals surface area contributed by atoms with Crippen molar-refractivity contribution >= 4 is 33.6 Å². The molecule has 0 saturated carbocycles. The van der Waals surface area contributed by atoms with Crippen LogP contribution in [0.25, 0.3) is 11.1 Å². The highest BCUT2D eigenvalue weighted by Crippen LogP contribution is 2.30. The van der Waals surface area contributed by atoms with Crippen molar-refractivity contribution < 1.29 is 27.5 Å². The average molecular weight is 599 g/mol. The lowest BCUT2D eigenvalue weighted by molar-refractivity contribution is -0.120. The van der Waals surface area contributed by atoms with Gasteiger partial charge in [0.25, 0.3) is 10.0 Å². The molecule has 0 saturated heterocycles. The molecular weight excluding hydrogens is 568 g/mol. The molecule has 0 bridgehead atoms. The number of urea groups is 1. The van der Waals surface area contributed by atoms with Crippen LogP contribution in [0.1, 0.15) is 21.5 Å². The summed E-state index contributed by atoms with van der Waals surface area (Å²) in [6, 6.07) is 24.7. The molecule has 0 radical (unpaired) electrons.